The van der Waals surface area contributed by atoms with Gasteiger partial charge in [-0.2, -0.15) is 4.68 Å². The number of alkyl halides is 1. The quantitative estimate of drug-likeness (QED) is 0.0544. The first-order valence-electron chi connectivity index (χ1n) is 14.7. The number of esters is 3. The fourth-order valence-electron chi connectivity index (χ4n) is 6.08. The second kappa shape index (κ2) is 14.5. The highest BCUT2D eigenvalue weighted by molar-refractivity contribution is 8.08. The number of hydrogen-bond acceptors (Lipinski definition) is 21. The molecular formula is C25H31FN6O17P2S. The van der Waals surface area contributed by atoms with Crippen LogP contribution in [0.15, 0.2) is 6.33 Å². The Hall–Kier alpha value is -3.34. The summed E-state index contributed by atoms with van der Waals surface area (Å²) in [4.78, 5) is 64.1. The van der Waals surface area contributed by atoms with Gasteiger partial charge in [-0.15, -0.1) is 11.5 Å². The second-order valence-corrected chi connectivity index (χ2v) is 15.9. The summed E-state index contributed by atoms with van der Waals surface area (Å²) in [5, 5.41) is 40.5. The van der Waals surface area contributed by atoms with Crippen molar-refractivity contribution in [1.82, 2.24) is 25.0 Å². The van der Waals surface area contributed by atoms with Crippen molar-refractivity contribution >= 4 is 61.2 Å². The zero-order valence-corrected chi connectivity index (χ0v) is 29.5. The van der Waals surface area contributed by atoms with Crippen LogP contribution in [-0.2, 0) is 67.8 Å². The summed E-state index contributed by atoms with van der Waals surface area (Å²) in [5.41, 5.74) is 3.20. The largest absolute Gasteiger partial charge is 0.481 e. The molecule has 2 aliphatic heterocycles. The van der Waals surface area contributed by atoms with Gasteiger partial charge in [-0.25, -0.2) is 23.2 Å². The molecule has 2 saturated heterocycles. The van der Waals surface area contributed by atoms with Crippen molar-refractivity contribution in [3.63, 3.8) is 0 Å². The van der Waals surface area contributed by atoms with Gasteiger partial charge < -0.3 is 59.0 Å². The maximum absolute atomic E-state index is 15.4. The van der Waals surface area contributed by atoms with E-state index >= 15 is 4.39 Å². The Morgan fingerprint density at radius 3 is 2.52 bits per heavy atom. The molecule has 52 heavy (non-hydrogen) atoms. The average Bonchev–Trinajstić information content (AvgIpc) is 3.61. The Morgan fingerprint density at radius 2 is 1.90 bits per heavy atom. The maximum Gasteiger partial charge on any atom is 0.481 e. The number of ether oxygens (including phenoxy) is 5. The third-order valence-electron chi connectivity index (χ3n) is 8.09. The molecule has 286 valence electrons. The van der Waals surface area contributed by atoms with Crippen LogP contribution in [0.2, 0.25) is 0 Å². The van der Waals surface area contributed by atoms with E-state index in [1.807, 2.05) is 5.92 Å². The van der Waals surface area contributed by atoms with Crippen LogP contribution in [0.5, 0.6) is 0 Å². The lowest BCUT2D eigenvalue weighted by Gasteiger charge is -2.51. The number of terminal acetylenes is 1. The molecule has 0 spiro atoms. The van der Waals surface area contributed by atoms with E-state index in [2.05, 4.69) is 29.3 Å². The van der Waals surface area contributed by atoms with Gasteiger partial charge >= 0.3 is 32.4 Å². The standard InChI is InChI=1S/C25H31FN6O17P2S/c1-5-24(38)19(37)13(45-23(24)32-21-16(30-31-32)20(27)28-8-29-21)7-43-51(41,52)49-50(39,40)48-22-15-18(44-10(3)34)17(36)14(12(26)6-42-9(2)33)25(15,47-22)46-11(4)35/h1,8,12-15,17-19,22-23,36-38H,6-7H2,2-4H3,(H,39,40)(H,41,52)(H2,27,28,29)/t12-,13+,14?,15?,17?,18?,19+,22?,23+,24+,25?,51?/m0/s1. The third-order valence-corrected chi connectivity index (χ3v) is 11.6. The molecule has 0 radical (unpaired) electrons. The summed E-state index contributed by atoms with van der Waals surface area (Å²) in [5.74, 6) is -7.17. The van der Waals surface area contributed by atoms with Gasteiger partial charge in [0, 0.05) is 20.8 Å². The van der Waals surface area contributed by atoms with Crippen molar-refractivity contribution in [2.75, 3.05) is 18.9 Å². The van der Waals surface area contributed by atoms with Gasteiger partial charge in [0.25, 0.3) is 0 Å². The number of anilines is 1. The summed E-state index contributed by atoms with van der Waals surface area (Å²) in [7, 11) is -5.60. The van der Waals surface area contributed by atoms with Crippen LogP contribution in [0, 0.1) is 24.2 Å². The maximum atomic E-state index is 15.4. The summed E-state index contributed by atoms with van der Waals surface area (Å²) in [6.45, 7) is -3.97. The molecular weight excluding hydrogens is 769 g/mol. The molecule has 1 saturated carbocycles. The van der Waals surface area contributed by atoms with Crippen molar-refractivity contribution in [2.24, 2.45) is 11.8 Å². The Balaban J connectivity index is 1.30. The summed E-state index contributed by atoms with van der Waals surface area (Å²) >= 11 is 4.82. The van der Waals surface area contributed by atoms with Crippen LogP contribution >= 0.6 is 14.5 Å². The van der Waals surface area contributed by atoms with E-state index in [4.69, 9.17) is 52.0 Å². The molecule has 4 heterocycles. The molecule has 3 aliphatic rings. The van der Waals surface area contributed by atoms with Crippen molar-refractivity contribution in [3.8, 4) is 12.3 Å². The molecule has 0 amide bonds. The average molecular weight is 801 g/mol. The molecule has 8 unspecified atom stereocenters. The fraction of sp³-hybridized carbons (Fsp3) is 0.640. The monoisotopic (exact) mass is 800 g/mol. The Morgan fingerprint density at radius 1 is 1.21 bits per heavy atom. The molecule has 7 N–H and O–H groups in total. The number of aromatic nitrogens is 5. The summed E-state index contributed by atoms with van der Waals surface area (Å²) in [6.07, 6.45) is -6.86. The topological polar surface area (TPSA) is 326 Å². The number of phosphoric ester groups is 1. The smallest absolute Gasteiger partial charge is 0.463 e. The highest BCUT2D eigenvalue weighted by atomic mass is 32.5. The van der Waals surface area contributed by atoms with Gasteiger partial charge in [-0.05, 0) is 11.8 Å². The molecule has 1 aliphatic carbocycles. The molecule has 23 nitrogen and oxygen atoms in total. The van der Waals surface area contributed by atoms with E-state index in [0.29, 0.717) is 0 Å². The third kappa shape index (κ3) is 7.40. The van der Waals surface area contributed by atoms with E-state index in [1.54, 1.807) is 0 Å². The lowest BCUT2D eigenvalue weighted by molar-refractivity contribution is -0.425. The predicted molar refractivity (Wildman–Crippen MR) is 165 cm³/mol. The van der Waals surface area contributed by atoms with Crippen LogP contribution in [0.4, 0.5) is 10.2 Å². The van der Waals surface area contributed by atoms with Crippen LogP contribution in [0.25, 0.3) is 11.2 Å². The van der Waals surface area contributed by atoms with Crippen molar-refractivity contribution in [2.45, 2.75) is 75.3 Å². The number of fused-ring (bicyclic) bond motifs is 2. The fourth-order valence-corrected chi connectivity index (χ4v) is 9.18. The Kier molecular flexibility index (Phi) is 11.1. The van der Waals surface area contributed by atoms with Crippen molar-refractivity contribution < 1.29 is 85.5 Å². The molecule has 13 atom stereocenters. The van der Waals surface area contributed by atoms with Crippen LogP contribution in [0.3, 0.4) is 0 Å². The van der Waals surface area contributed by atoms with Crippen LogP contribution < -0.4 is 5.73 Å². The normalized spacial score (nSPS) is 35.3. The van der Waals surface area contributed by atoms with Crippen LogP contribution in [-0.4, -0.2) is 129 Å². The molecule has 27 heteroatoms. The number of nitrogen functional groups attached to an aromatic ring is 1. The van der Waals surface area contributed by atoms with Gasteiger partial charge in [0.1, 0.15) is 49.4 Å². The molecule has 2 aromatic heterocycles. The van der Waals surface area contributed by atoms with Gasteiger partial charge in [0.15, 0.2) is 29.5 Å². The second-order valence-electron chi connectivity index (χ2n) is 11.6. The van der Waals surface area contributed by atoms with Gasteiger partial charge in [0.2, 0.25) is 11.4 Å². The SMILES string of the molecule is C#C[C@@]1(O)[C@H](O)[C@@H](COP(O)(=S)OP(=O)(O)OC2OC3(OC(C)=O)C2C(OC(C)=O)C(O)C3[C@@H](F)COC(C)=O)O[C@H]1n1nnc2c(N)ncnc21. The number of hydrogen-bond donors (Lipinski definition) is 6. The summed E-state index contributed by atoms with van der Waals surface area (Å²) in [6, 6.07) is 0. The first kappa shape index (κ1) is 39.9. The number of rotatable bonds is 13. The highest BCUT2D eigenvalue weighted by Gasteiger charge is 2.78. The zero-order valence-electron chi connectivity index (χ0n) is 26.9. The first-order valence-corrected chi connectivity index (χ1v) is 18.8. The molecule has 2 aromatic rings. The predicted octanol–water partition coefficient (Wildman–Crippen LogP) is -2.15. The number of aliphatic hydroxyl groups is 3. The minimum atomic E-state index is -5.60. The lowest BCUT2D eigenvalue weighted by Crippen LogP contribution is -2.66. The van der Waals surface area contributed by atoms with E-state index in [9.17, 15) is 44.1 Å². The Bertz CT molecular complexity index is 1890. The van der Waals surface area contributed by atoms with E-state index in [0.717, 1.165) is 31.8 Å². The number of aliphatic hydroxyl groups excluding tert-OH is 2. The molecule has 3 fully saturated rings. The minimum absolute atomic E-state index is 0.00600. The van der Waals surface area contributed by atoms with Crippen LogP contribution in [0.1, 0.15) is 27.0 Å². The summed E-state index contributed by atoms with van der Waals surface area (Å²) < 4.78 is 70.2. The van der Waals surface area contributed by atoms with Gasteiger partial charge in [-0.1, -0.05) is 11.1 Å². The minimum Gasteiger partial charge on any atom is -0.463 e. The number of nitrogens with zero attached hydrogens (tertiary/aromatic N) is 5. The molecule has 0 aromatic carbocycles. The van der Waals surface area contributed by atoms with Gasteiger partial charge in [0.05, 0.1) is 12.5 Å². The zero-order chi connectivity index (χ0) is 38.6. The van der Waals surface area contributed by atoms with E-state index in [-0.39, 0.29) is 17.0 Å². The van der Waals surface area contributed by atoms with Crippen molar-refractivity contribution in [3.05, 3.63) is 6.33 Å². The van der Waals surface area contributed by atoms with E-state index < -0.39 is 112 Å². The van der Waals surface area contributed by atoms with Crippen molar-refractivity contribution in [1.29, 1.82) is 0 Å². The number of phosphoric acid groups is 1. The number of halogens is 1. The van der Waals surface area contributed by atoms with Gasteiger partial charge in [-0.3, -0.25) is 18.9 Å². The Labute approximate surface area is 296 Å². The lowest BCUT2D eigenvalue weighted by atomic mass is 9.86. The number of nitrogens with two attached hydrogens (primary N) is 1. The van der Waals surface area contributed by atoms with E-state index in [1.165, 1.54) is 0 Å². The number of carbonyl (C=O) groups is 3. The molecule has 0 bridgehead atoms. The number of carbonyl (C=O) groups excluding carboxylic acids is 3. The first-order chi connectivity index (χ1) is 24.2. The molecule has 5 rings (SSSR count). The highest BCUT2D eigenvalue weighted by Crippen LogP contribution is 2.66.